The van der Waals surface area contributed by atoms with Gasteiger partial charge in [0.05, 0.1) is 5.56 Å². The van der Waals surface area contributed by atoms with Gasteiger partial charge in [-0.15, -0.1) is 0 Å². The van der Waals surface area contributed by atoms with E-state index in [1.165, 1.54) is 38.5 Å². The average molecular weight is 385 g/mol. The summed E-state index contributed by atoms with van der Waals surface area (Å²) in [5, 5.41) is 0. The average Bonchev–Trinajstić information content (AvgIpc) is 2.61. The smallest absolute Gasteiger partial charge is 0.206 e. The van der Waals surface area contributed by atoms with Crippen LogP contribution in [-0.4, -0.2) is 0 Å². The minimum Gasteiger partial charge on any atom is -0.206 e. The van der Waals surface area contributed by atoms with E-state index < -0.39 is 23.1 Å². The first-order valence-corrected chi connectivity index (χ1v) is 10.7. The molecule has 152 valence electrons. The summed E-state index contributed by atoms with van der Waals surface area (Å²) >= 11 is 0. The Hall–Kier alpha value is -1.06. The van der Waals surface area contributed by atoms with Crippen LogP contribution in [0.25, 0.3) is 0 Å². The van der Waals surface area contributed by atoms with Crippen molar-refractivity contribution in [1.29, 1.82) is 0 Å². The first-order valence-electron chi connectivity index (χ1n) is 10.7. The monoisotopic (exact) mass is 384 g/mol. The van der Waals surface area contributed by atoms with E-state index in [2.05, 4.69) is 6.92 Å². The number of halogens is 4. The summed E-state index contributed by atoms with van der Waals surface area (Å²) in [4.78, 5) is 0. The molecule has 3 rings (SSSR count). The molecule has 0 spiro atoms. The molecular weight excluding hydrogens is 352 g/mol. The highest BCUT2D eigenvalue weighted by Crippen LogP contribution is 2.45. The van der Waals surface area contributed by atoms with Crippen molar-refractivity contribution < 1.29 is 17.6 Å². The van der Waals surface area contributed by atoms with Gasteiger partial charge in [-0.3, -0.25) is 0 Å². The molecule has 2 aliphatic rings. The van der Waals surface area contributed by atoms with Crippen LogP contribution in [-0.2, 0) is 5.92 Å². The lowest BCUT2D eigenvalue weighted by Crippen LogP contribution is -2.25. The van der Waals surface area contributed by atoms with E-state index in [0.717, 1.165) is 55.6 Å². The summed E-state index contributed by atoms with van der Waals surface area (Å²) in [5.41, 5.74) is -0.563. The molecule has 2 aliphatic carbocycles. The molecule has 0 aliphatic heterocycles. The predicted octanol–water partition coefficient (Wildman–Crippen LogP) is 7.96. The number of hydrogen-bond acceptors (Lipinski definition) is 0. The molecule has 0 N–H and O–H groups in total. The van der Waals surface area contributed by atoms with Gasteiger partial charge in [0, 0.05) is 6.92 Å². The summed E-state index contributed by atoms with van der Waals surface area (Å²) in [5.74, 6) is -3.22. The van der Waals surface area contributed by atoms with Crippen LogP contribution in [0.4, 0.5) is 17.6 Å². The van der Waals surface area contributed by atoms with E-state index in [1.54, 1.807) is 0 Å². The van der Waals surface area contributed by atoms with Gasteiger partial charge in [0.1, 0.15) is 11.6 Å². The Labute approximate surface area is 160 Å². The standard InChI is InChI=1S/C23H32F4/c1-3-4-15-5-7-16(8-6-15)17-9-11-18(12-10-17)19-13-20(24)22(21(25)14-19)23(2,26)27/h13-18H,3-12H2,1-2H3. The molecule has 2 saturated carbocycles. The number of benzene rings is 1. The summed E-state index contributed by atoms with van der Waals surface area (Å²) in [6.07, 6.45) is 11.9. The van der Waals surface area contributed by atoms with E-state index in [-0.39, 0.29) is 5.92 Å². The van der Waals surface area contributed by atoms with Gasteiger partial charge in [-0.05, 0) is 79.9 Å². The maximum atomic E-state index is 14.1. The highest BCUT2D eigenvalue weighted by molar-refractivity contribution is 5.31. The predicted molar refractivity (Wildman–Crippen MR) is 101 cm³/mol. The topological polar surface area (TPSA) is 0 Å². The number of hydrogen-bond donors (Lipinski definition) is 0. The lowest BCUT2D eigenvalue weighted by Gasteiger charge is -2.38. The third-order valence-corrected chi connectivity index (χ3v) is 7.00. The maximum Gasteiger partial charge on any atom is 0.276 e. The molecule has 1 aromatic carbocycles. The second-order valence-electron chi connectivity index (χ2n) is 8.93. The second kappa shape index (κ2) is 8.53. The van der Waals surface area contributed by atoms with E-state index in [1.807, 2.05) is 0 Å². The third-order valence-electron chi connectivity index (χ3n) is 7.00. The molecule has 27 heavy (non-hydrogen) atoms. The fourth-order valence-corrected chi connectivity index (χ4v) is 5.53. The first-order chi connectivity index (χ1) is 12.8. The quantitative estimate of drug-likeness (QED) is 0.452. The highest BCUT2D eigenvalue weighted by Gasteiger charge is 2.35. The van der Waals surface area contributed by atoms with E-state index in [9.17, 15) is 17.6 Å². The van der Waals surface area contributed by atoms with Gasteiger partial charge in [0.2, 0.25) is 0 Å². The van der Waals surface area contributed by atoms with Crippen molar-refractivity contribution in [2.75, 3.05) is 0 Å². The lowest BCUT2D eigenvalue weighted by molar-refractivity contribution is 0.00978. The Morgan fingerprint density at radius 1 is 0.852 bits per heavy atom. The van der Waals surface area contributed by atoms with Crippen LogP contribution in [0.3, 0.4) is 0 Å². The van der Waals surface area contributed by atoms with Crippen LogP contribution in [0.2, 0.25) is 0 Å². The molecule has 0 aromatic heterocycles. The zero-order valence-corrected chi connectivity index (χ0v) is 16.5. The third kappa shape index (κ3) is 4.86. The molecular formula is C23H32F4. The van der Waals surface area contributed by atoms with Gasteiger partial charge in [0.15, 0.2) is 0 Å². The fourth-order valence-electron chi connectivity index (χ4n) is 5.53. The summed E-state index contributed by atoms with van der Waals surface area (Å²) in [6.45, 7) is 2.79. The lowest BCUT2D eigenvalue weighted by atomic mass is 9.68. The molecule has 1 aromatic rings. The summed E-state index contributed by atoms with van der Waals surface area (Å²) in [7, 11) is 0. The van der Waals surface area contributed by atoms with Crippen LogP contribution < -0.4 is 0 Å². The van der Waals surface area contributed by atoms with Gasteiger partial charge < -0.3 is 0 Å². The first kappa shape index (κ1) is 20.7. The summed E-state index contributed by atoms with van der Waals surface area (Å²) < 4.78 is 55.0. The van der Waals surface area contributed by atoms with E-state index >= 15 is 0 Å². The zero-order valence-electron chi connectivity index (χ0n) is 16.5. The van der Waals surface area contributed by atoms with Crippen molar-refractivity contribution in [3.8, 4) is 0 Å². The maximum absolute atomic E-state index is 14.1. The summed E-state index contributed by atoms with van der Waals surface area (Å²) in [6, 6.07) is 2.27. The van der Waals surface area contributed by atoms with Crippen molar-refractivity contribution in [3.63, 3.8) is 0 Å². The van der Waals surface area contributed by atoms with Crippen LogP contribution in [0.1, 0.15) is 95.1 Å². The van der Waals surface area contributed by atoms with Crippen LogP contribution in [0.15, 0.2) is 12.1 Å². The molecule has 0 amide bonds. The molecule has 2 fully saturated rings. The minimum atomic E-state index is -3.50. The van der Waals surface area contributed by atoms with Crippen LogP contribution >= 0.6 is 0 Å². The van der Waals surface area contributed by atoms with Gasteiger partial charge in [-0.1, -0.05) is 32.6 Å². The Kier molecular flexibility index (Phi) is 6.53. The van der Waals surface area contributed by atoms with Crippen molar-refractivity contribution in [2.45, 2.75) is 89.9 Å². The van der Waals surface area contributed by atoms with E-state index in [0.29, 0.717) is 12.5 Å². The van der Waals surface area contributed by atoms with Gasteiger partial charge >= 0.3 is 0 Å². The molecule has 0 bridgehead atoms. The van der Waals surface area contributed by atoms with Crippen LogP contribution in [0, 0.1) is 29.4 Å². The fraction of sp³-hybridized carbons (Fsp3) is 0.739. The Bertz CT molecular complexity index is 595. The van der Waals surface area contributed by atoms with Gasteiger partial charge in [-0.2, -0.15) is 0 Å². The molecule has 0 radical (unpaired) electrons. The molecule has 0 unspecified atom stereocenters. The Morgan fingerprint density at radius 2 is 1.33 bits per heavy atom. The normalized spacial score (nSPS) is 29.7. The molecule has 0 heterocycles. The second-order valence-corrected chi connectivity index (χ2v) is 8.93. The largest absolute Gasteiger partial charge is 0.276 e. The zero-order chi connectivity index (χ0) is 19.6. The Balaban J connectivity index is 1.58. The van der Waals surface area contributed by atoms with Crippen LogP contribution in [0.5, 0.6) is 0 Å². The highest BCUT2D eigenvalue weighted by atomic mass is 19.3. The van der Waals surface area contributed by atoms with Crippen molar-refractivity contribution >= 4 is 0 Å². The van der Waals surface area contributed by atoms with Crippen molar-refractivity contribution in [3.05, 3.63) is 34.9 Å². The molecule has 4 heteroatoms. The molecule has 0 saturated heterocycles. The molecule has 0 atom stereocenters. The SMILES string of the molecule is CCCC1CCC(C2CCC(c3cc(F)c(C(C)(F)F)c(F)c3)CC2)CC1. The number of rotatable bonds is 5. The molecule has 0 nitrogen and oxygen atoms in total. The Morgan fingerprint density at radius 3 is 1.78 bits per heavy atom. The minimum absolute atomic E-state index is 0.0845. The van der Waals surface area contributed by atoms with Gasteiger partial charge in [0.25, 0.3) is 5.92 Å². The van der Waals surface area contributed by atoms with Crippen molar-refractivity contribution in [2.24, 2.45) is 17.8 Å². The van der Waals surface area contributed by atoms with E-state index in [4.69, 9.17) is 0 Å². The van der Waals surface area contributed by atoms with Gasteiger partial charge in [-0.25, -0.2) is 17.6 Å². The number of alkyl halides is 2. The van der Waals surface area contributed by atoms with Crippen molar-refractivity contribution in [1.82, 2.24) is 0 Å².